The van der Waals surface area contributed by atoms with Crippen LogP contribution >= 0.6 is 0 Å². The number of carbonyl (C=O) groups is 2. The van der Waals surface area contributed by atoms with Crippen LogP contribution in [0.1, 0.15) is 23.6 Å². The number of hydrogen-bond acceptors (Lipinski definition) is 6. The minimum Gasteiger partial charge on any atom is -0.507 e. The molecule has 1 N–H and O–H groups in total. The summed E-state index contributed by atoms with van der Waals surface area (Å²) in [6, 6.07) is 9.73. The van der Waals surface area contributed by atoms with Crippen molar-refractivity contribution in [2.75, 3.05) is 33.8 Å². The third kappa shape index (κ3) is 5.00. The standard InChI is InChI=1S/C24H27N3O4/c1-4-16-31-19-8-6-17(7-9-19)21-20(22(28)18-10-12-25-13-11-18)23(29)24(30)27(21)15-5-14-26(2)3/h4,6-13,21,28H,1,5,14-16H2,2-3H3/t21-/m0/s1. The summed E-state index contributed by atoms with van der Waals surface area (Å²) in [5.74, 6) is -0.835. The van der Waals surface area contributed by atoms with Gasteiger partial charge in [0.25, 0.3) is 11.7 Å². The molecule has 1 saturated heterocycles. The third-order valence-electron chi connectivity index (χ3n) is 5.06. The van der Waals surface area contributed by atoms with Gasteiger partial charge in [-0.2, -0.15) is 0 Å². The molecule has 1 aromatic heterocycles. The second-order valence-corrected chi connectivity index (χ2v) is 7.55. The monoisotopic (exact) mass is 421 g/mol. The van der Waals surface area contributed by atoms with E-state index in [0.717, 1.165) is 12.1 Å². The fourth-order valence-corrected chi connectivity index (χ4v) is 3.58. The van der Waals surface area contributed by atoms with Crippen LogP contribution in [0.25, 0.3) is 5.76 Å². The fraction of sp³-hybridized carbons (Fsp3) is 0.292. The number of ether oxygens (including phenoxy) is 1. The molecule has 7 nitrogen and oxygen atoms in total. The predicted octanol–water partition coefficient (Wildman–Crippen LogP) is 3.02. The van der Waals surface area contributed by atoms with Crippen molar-refractivity contribution < 1.29 is 19.4 Å². The molecule has 0 radical (unpaired) electrons. The largest absolute Gasteiger partial charge is 0.507 e. The van der Waals surface area contributed by atoms with Crippen molar-refractivity contribution >= 4 is 17.4 Å². The van der Waals surface area contributed by atoms with Crippen molar-refractivity contribution in [3.63, 3.8) is 0 Å². The van der Waals surface area contributed by atoms with Gasteiger partial charge in [0.1, 0.15) is 18.1 Å². The topological polar surface area (TPSA) is 83.0 Å². The van der Waals surface area contributed by atoms with E-state index in [0.29, 0.717) is 30.9 Å². The Bertz CT molecular complexity index is 968. The Balaban J connectivity index is 2.02. The molecule has 1 aromatic carbocycles. The number of nitrogens with zero attached hydrogens (tertiary/aromatic N) is 3. The van der Waals surface area contributed by atoms with Crippen molar-refractivity contribution in [1.29, 1.82) is 0 Å². The first-order valence-electron chi connectivity index (χ1n) is 10.1. The number of aromatic nitrogens is 1. The molecule has 3 rings (SSSR count). The van der Waals surface area contributed by atoms with Gasteiger partial charge in [-0.25, -0.2) is 0 Å². The van der Waals surface area contributed by atoms with Crippen LogP contribution in [0.2, 0.25) is 0 Å². The molecule has 2 aromatic rings. The summed E-state index contributed by atoms with van der Waals surface area (Å²) >= 11 is 0. The molecule has 1 fully saturated rings. The van der Waals surface area contributed by atoms with Crippen molar-refractivity contribution in [3.8, 4) is 5.75 Å². The minimum absolute atomic E-state index is 0.0841. The molecule has 1 aliphatic heterocycles. The lowest BCUT2D eigenvalue weighted by molar-refractivity contribution is -0.139. The van der Waals surface area contributed by atoms with E-state index in [1.54, 1.807) is 30.3 Å². The highest BCUT2D eigenvalue weighted by molar-refractivity contribution is 6.46. The van der Waals surface area contributed by atoms with Gasteiger partial charge >= 0.3 is 0 Å². The first kappa shape index (κ1) is 22.2. The van der Waals surface area contributed by atoms with Gasteiger partial charge in [0.05, 0.1) is 11.6 Å². The van der Waals surface area contributed by atoms with E-state index >= 15 is 0 Å². The van der Waals surface area contributed by atoms with Gasteiger partial charge in [-0.15, -0.1) is 0 Å². The Morgan fingerprint density at radius 1 is 1.19 bits per heavy atom. The smallest absolute Gasteiger partial charge is 0.295 e. The highest BCUT2D eigenvalue weighted by Crippen LogP contribution is 2.39. The molecule has 1 atom stereocenters. The molecular formula is C24H27N3O4. The molecule has 31 heavy (non-hydrogen) atoms. The molecule has 0 saturated carbocycles. The second kappa shape index (κ2) is 10.0. The maximum atomic E-state index is 12.9. The Labute approximate surface area is 182 Å². The van der Waals surface area contributed by atoms with Crippen molar-refractivity contribution in [2.45, 2.75) is 12.5 Å². The quantitative estimate of drug-likeness (QED) is 0.290. The lowest BCUT2D eigenvalue weighted by Crippen LogP contribution is -2.32. The molecule has 2 heterocycles. The van der Waals surface area contributed by atoms with E-state index in [2.05, 4.69) is 11.6 Å². The molecule has 0 unspecified atom stereocenters. The Morgan fingerprint density at radius 2 is 1.87 bits per heavy atom. The zero-order chi connectivity index (χ0) is 22.4. The first-order valence-corrected chi connectivity index (χ1v) is 10.1. The molecule has 0 aliphatic carbocycles. The predicted molar refractivity (Wildman–Crippen MR) is 119 cm³/mol. The lowest BCUT2D eigenvalue weighted by atomic mass is 9.95. The Hall–Kier alpha value is -3.45. The summed E-state index contributed by atoms with van der Waals surface area (Å²) in [5, 5.41) is 11.0. The number of pyridine rings is 1. The maximum Gasteiger partial charge on any atom is 0.295 e. The number of rotatable bonds is 9. The van der Waals surface area contributed by atoms with Crippen LogP contribution < -0.4 is 4.74 Å². The van der Waals surface area contributed by atoms with Gasteiger partial charge in [-0.05, 0) is 56.9 Å². The van der Waals surface area contributed by atoms with E-state index in [-0.39, 0.29) is 11.3 Å². The average molecular weight is 421 g/mol. The van der Waals surface area contributed by atoms with Gasteiger partial charge < -0.3 is 19.6 Å². The lowest BCUT2D eigenvalue weighted by Gasteiger charge is -2.26. The van der Waals surface area contributed by atoms with Gasteiger partial charge in [0.2, 0.25) is 0 Å². The van der Waals surface area contributed by atoms with E-state index < -0.39 is 17.7 Å². The van der Waals surface area contributed by atoms with Crippen molar-refractivity contribution in [1.82, 2.24) is 14.8 Å². The zero-order valence-electron chi connectivity index (χ0n) is 17.8. The Morgan fingerprint density at radius 3 is 2.48 bits per heavy atom. The maximum absolute atomic E-state index is 12.9. The number of benzene rings is 1. The number of hydrogen-bond donors (Lipinski definition) is 1. The number of ketones is 1. The number of carbonyl (C=O) groups excluding carboxylic acids is 2. The number of aliphatic hydroxyl groups excluding tert-OH is 1. The SMILES string of the molecule is C=CCOc1ccc([C@H]2C(=C(O)c3ccncc3)C(=O)C(=O)N2CCCN(C)C)cc1. The van der Waals surface area contributed by atoms with Crippen LogP contribution in [-0.2, 0) is 9.59 Å². The highest BCUT2D eigenvalue weighted by Gasteiger charge is 2.45. The molecular weight excluding hydrogens is 394 g/mol. The fourth-order valence-electron chi connectivity index (χ4n) is 3.58. The van der Waals surface area contributed by atoms with Crippen LogP contribution in [-0.4, -0.2) is 65.4 Å². The number of aliphatic hydroxyl groups is 1. The molecule has 7 heteroatoms. The summed E-state index contributed by atoms with van der Waals surface area (Å²) < 4.78 is 5.54. The normalized spacial score (nSPS) is 17.9. The van der Waals surface area contributed by atoms with Gasteiger partial charge in [-0.3, -0.25) is 14.6 Å². The first-order chi connectivity index (χ1) is 14.9. The van der Waals surface area contributed by atoms with Crippen molar-refractivity contribution in [2.24, 2.45) is 0 Å². The van der Waals surface area contributed by atoms with E-state index in [4.69, 9.17) is 4.74 Å². The summed E-state index contributed by atoms with van der Waals surface area (Å²) in [6.45, 7) is 5.18. The number of Topliss-reactive ketones (excluding diaryl/α,β-unsaturated/α-hetero) is 1. The number of amides is 1. The zero-order valence-corrected chi connectivity index (χ0v) is 17.8. The van der Waals surface area contributed by atoms with Crippen LogP contribution in [0.5, 0.6) is 5.75 Å². The van der Waals surface area contributed by atoms with Crippen LogP contribution in [0.15, 0.2) is 67.0 Å². The number of likely N-dealkylation sites (tertiary alicyclic amines) is 1. The van der Waals surface area contributed by atoms with Gasteiger partial charge in [-0.1, -0.05) is 24.8 Å². The van der Waals surface area contributed by atoms with E-state index in [9.17, 15) is 14.7 Å². The summed E-state index contributed by atoms with van der Waals surface area (Å²) in [6.07, 6.45) is 5.42. The molecule has 1 amide bonds. The van der Waals surface area contributed by atoms with E-state index in [1.807, 2.05) is 31.1 Å². The van der Waals surface area contributed by atoms with Crippen LogP contribution in [0.4, 0.5) is 0 Å². The molecule has 162 valence electrons. The van der Waals surface area contributed by atoms with Gasteiger partial charge in [0, 0.05) is 24.5 Å². The molecule has 0 spiro atoms. The van der Waals surface area contributed by atoms with Crippen LogP contribution in [0.3, 0.4) is 0 Å². The van der Waals surface area contributed by atoms with Crippen molar-refractivity contribution in [3.05, 3.63) is 78.1 Å². The van der Waals surface area contributed by atoms with Gasteiger partial charge in [0.15, 0.2) is 0 Å². The average Bonchev–Trinajstić information content (AvgIpc) is 3.03. The van der Waals surface area contributed by atoms with Crippen LogP contribution in [0, 0.1) is 0 Å². The second-order valence-electron chi connectivity index (χ2n) is 7.55. The minimum atomic E-state index is -0.684. The third-order valence-corrected chi connectivity index (χ3v) is 5.06. The Kier molecular flexibility index (Phi) is 7.20. The summed E-state index contributed by atoms with van der Waals surface area (Å²) in [7, 11) is 3.91. The van der Waals surface area contributed by atoms with E-state index in [1.165, 1.54) is 17.3 Å². The molecule has 0 bridgehead atoms. The highest BCUT2D eigenvalue weighted by atomic mass is 16.5. The summed E-state index contributed by atoms with van der Waals surface area (Å²) in [5.41, 5.74) is 1.25. The summed E-state index contributed by atoms with van der Waals surface area (Å²) in [4.78, 5) is 33.3. The molecule has 1 aliphatic rings.